The Morgan fingerprint density at radius 2 is 1.46 bits per heavy atom. The Labute approximate surface area is 488 Å². The van der Waals surface area contributed by atoms with E-state index in [9.17, 15) is 34.8 Å². The molecule has 0 radical (unpaired) electrons. The average molecular weight is 1150 g/mol. The van der Waals surface area contributed by atoms with Gasteiger partial charge in [0.15, 0.2) is 34.6 Å². The molecule has 1 saturated carbocycles. The number of aliphatic hydroxyl groups is 4. The van der Waals surface area contributed by atoms with Gasteiger partial charge in [0.1, 0.15) is 58.9 Å². The zero-order chi connectivity index (χ0) is 60.2. The Morgan fingerprint density at radius 1 is 0.810 bits per heavy atom. The lowest BCUT2D eigenvalue weighted by Crippen LogP contribution is -2.72. The Balaban J connectivity index is 1.01. The van der Waals surface area contributed by atoms with Crippen molar-refractivity contribution in [3.63, 3.8) is 0 Å². The SMILES string of the molecule is CC(C)=CCCC1(C)C=Cc2c(c(CC=C(C)C)c3c(c2OC(=O)C(C)NC(=O)c2ccc(O[C@@H]4O[C@H](CO)[C@@H](O)[C@@H](O)[C@H]4O)cc2)C(=O)C2=CC4CC5C(C)(C)OC(C/C=C(/C)C(=O)OC(c6ccccc6)c6ccccc6)(C4=O)C25O3)O1. The van der Waals surface area contributed by atoms with Crippen molar-refractivity contribution in [1.29, 1.82) is 0 Å². The van der Waals surface area contributed by atoms with Gasteiger partial charge in [0.05, 0.1) is 17.8 Å². The Bertz CT molecular complexity index is 3370. The van der Waals surface area contributed by atoms with E-state index in [1.54, 1.807) is 25.2 Å². The van der Waals surface area contributed by atoms with Gasteiger partial charge in [-0.1, -0.05) is 96.1 Å². The van der Waals surface area contributed by atoms with Gasteiger partial charge in [-0.15, -0.1) is 0 Å². The highest BCUT2D eigenvalue weighted by Crippen LogP contribution is 2.69. The maximum Gasteiger partial charge on any atom is 0.334 e. The van der Waals surface area contributed by atoms with Gasteiger partial charge in [-0.2, -0.15) is 0 Å². The molecule has 5 N–H and O–H groups in total. The highest BCUT2D eigenvalue weighted by atomic mass is 16.7. The van der Waals surface area contributed by atoms with E-state index < -0.39 is 107 Å². The molecule has 17 heteroatoms. The maximum absolute atomic E-state index is 16.1. The average Bonchev–Trinajstić information content (AvgIpc) is 1.40. The zero-order valence-corrected chi connectivity index (χ0v) is 48.7. The lowest BCUT2D eigenvalue weighted by Gasteiger charge is -2.56. The number of Topliss-reactive ketones (excluding diaryl/α,β-unsaturated/α-hetero) is 2. The smallest absolute Gasteiger partial charge is 0.334 e. The normalized spacial score (nSPS) is 28.1. The van der Waals surface area contributed by atoms with E-state index in [0.717, 1.165) is 22.3 Å². The van der Waals surface area contributed by atoms with Crippen LogP contribution in [0, 0.1) is 11.8 Å². The lowest BCUT2D eigenvalue weighted by atomic mass is 9.51. The van der Waals surface area contributed by atoms with E-state index >= 15 is 9.59 Å². The van der Waals surface area contributed by atoms with Crippen LogP contribution in [0.4, 0.5) is 0 Å². The van der Waals surface area contributed by atoms with E-state index in [1.165, 1.54) is 31.2 Å². The van der Waals surface area contributed by atoms with Gasteiger partial charge in [0.2, 0.25) is 6.29 Å². The van der Waals surface area contributed by atoms with E-state index in [-0.39, 0.29) is 58.1 Å². The number of ether oxygens (including phenoxy) is 7. The number of carbonyl (C=O) groups is 5. The molecule has 4 aromatic carbocycles. The fourth-order valence-corrected chi connectivity index (χ4v) is 12.6. The molecular formula is C67H73NO16. The van der Waals surface area contributed by atoms with Crippen LogP contribution in [-0.2, 0) is 35.0 Å². The first-order valence-electron chi connectivity index (χ1n) is 28.6. The maximum atomic E-state index is 16.1. The van der Waals surface area contributed by atoms with E-state index in [2.05, 4.69) is 11.4 Å². The van der Waals surface area contributed by atoms with E-state index in [4.69, 9.17) is 33.2 Å². The summed E-state index contributed by atoms with van der Waals surface area (Å²) in [5, 5.41) is 43.2. The summed E-state index contributed by atoms with van der Waals surface area (Å²) in [7, 11) is 0. The molecule has 11 rings (SSSR count). The molecule has 442 valence electrons. The first-order chi connectivity index (χ1) is 39.9. The minimum Gasteiger partial charge on any atom is -0.482 e. The zero-order valence-electron chi connectivity index (χ0n) is 48.7. The molecule has 4 aliphatic heterocycles. The third kappa shape index (κ3) is 10.7. The number of allylic oxidation sites excluding steroid dienone is 5. The number of rotatable bonds is 18. The number of ketones is 2. The van der Waals surface area contributed by atoms with Crippen LogP contribution >= 0.6 is 0 Å². The lowest BCUT2D eigenvalue weighted by molar-refractivity contribution is -0.277. The van der Waals surface area contributed by atoms with Gasteiger partial charge in [-0.25, -0.2) is 9.59 Å². The second kappa shape index (κ2) is 23.2. The summed E-state index contributed by atoms with van der Waals surface area (Å²) in [5.41, 5.74) is -0.696. The topological polar surface area (TPSA) is 243 Å². The summed E-state index contributed by atoms with van der Waals surface area (Å²) >= 11 is 0. The van der Waals surface area contributed by atoms with E-state index in [1.807, 2.05) is 121 Å². The number of carbonyl (C=O) groups excluding carboxylic acids is 5. The number of esters is 2. The van der Waals surface area contributed by atoms with Gasteiger partial charge in [0.25, 0.3) is 5.91 Å². The molecule has 17 nitrogen and oxygen atoms in total. The predicted molar refractivity (Wildman–Crippen MR) is 309 cm³/mol. The summed E-state index contributed by atoms with van der Waals surface area (Å²) in [4.78, 5) is 74.2. The Kier molecular flexibility index (Phi) is 16.4. The molecule has 7 aliphatic rings. The van der Waals surface area contributed by atoms with Crippen molar-refractivity contribution in [3.8, 4) is 23.0 Å². The summed E-state index contributed by atoms with van der Waals surface area (Å²) in [5.74, 6) is -4.10. The van der Waals surface area contributed by atoms with Gasteiger partial charge in [-0.05, 0) is 136 Å². The van der Waals surface area contributed by atoms with Crippen molar-refractivity contribution >= 4 is 35.5 Å². The van der Waals surface area contributed by atoms with Crippen LogP contribution in [0.25, 0.3) is 6.08 Å². The molecule has 3 fully saturated rings. The number of hydrogen-bond donors (Lipinski definition) is 5. The molecule has 6 unspecified atom stereocenters. The number of benzene rings is 4. The van der Waals surface area contributed by atoms with Crippen LogP contribution < -0.4 is 24.3 Å². The number of nitrogens with one attached hydrogen (secondary N) is 1. The van der Waals surface area contributed by atoms with Crippen LogP contribution in [0.1, 0.15) is 137 Å². The summed E-state index contributed by atoms with van der Waals surface area (Å²) in [6.07, 6.45) is 4.35. The molecular weight excluding hydrogens is 1070 g/mol. The first-order valence-corrected chi connectivity index (χ1v) is 28.6. The van der Waals surface area contributed by atoms with Crippen molar-refractivity contribution in [3.05, 3.63) is 171 Å². The number of aliphatic hydroxyl groups excluding tert-OH is 4. The van der Waals surface area contributed by atoms with E-state index in [0.29, 0.717) is 36.1 Å². The van der Waals surface area contributed by atoms with Gasteiger partial charge in [-0.3, -0.25) is 14.4 Å². The summed E-state index contributed by atoms with van der Waals surface area (Å²) < 4.78 is 45.6. The molecule has 1 spiro atoms. The molecule has 2 saturated heterocycles. The molecule has 1 amide bonds. The van der Waals surface area contributed by atoms with Crippen LogP contribution in [0.2, 0.25) is 0 Å². The van der Waals surface area contributed by atoms with Crippen LogP contribution in [-0.4, -0.2) is 116 Å². The largest absolute Gasteiger partial charge is 0.482 e. The van der Waals surface area contributed by atoms with Crippen LogP contribution in [0.3, 0.4) is 0 Å². The van der Waals surface area contributed by atoms with Crippen molar-refractivity contribution in [2.45, 2.75) is 160 Å². The summed E-state index contributed by atoms with van der Waals surface area (Å²) in [6, 6.07) is 23.1. The van der Waals surface area contributed by atoms with Crippen molar-refractivity contribution < 1.29 is 77.6 Å². The Morgan fingerprint density at radius 3 is 2.10 bits per heavy atom. The van der Waals surface area contributed by atoms with Crippen molar-refractivity contribution in [2.75, 3.05) is 6.61 Å². The highest BCUT2D eigenvalue weighted by Gasteiger charge is 2.81. The number of amides is 1. The van der Waals surface area contributed by atoms with Crippen molar-refractivity contribution in [1.82, 2.24) is 5.32 Å². The van der Waals surface area contributed by atoms with Crippen LogP contribution in [0.5, 0.6) is 23.0 Å². The minimum atomic E-state index is -1.83. The molecule has 84 heavy (non-hydrogen) atoms. The predicted octanol–water partition coefficient (Wildman–Crippen LogP) is 8.68. The molecule has 11 atom stereocenters. The fourth-order valence-electron chi connectivity index (χ4n) is 12.6. The Hall–Kier alpha value is -7.51. The second-order valence-electron chi connectivity index (χ2n) is 24.0. The molecule has 4 bridgehead atoms. The van der Waals surface area contributed by atoms with Gasteiger partial charge in [0, 0.05) is 40.5 Å². The first kappa shape index (κ1) is 59.6. The highest BCUT2D eigenvalue weighted by molar-refractivity contribution is 6.19. The quantitative estimate of drug-likeness (QED) is 0.0271. The molecule has 3 aliphatic carbocycles. The number of hydrogen-bond acceptors (Lipinski definition) is 16. The van der Waals surface area contributed by atoms with Gasteiger partial charge < -0.3 is 58.9 Å². The minimum absolute atomic E-state index is 0.0540. The van der Waals surface area contributed by atoms with Gasteiger partial charge >= 0.3 is 11.9 Å². The number of fused-ring (bicyclic) bond motifs is 2. The summed E-state index contributed by atoms with van der Waals surface area (Å²) in [6.45, 7) is 16.1. The third-order valence-corrected chi connectivity index (χ3v) is 17.0. The van der Waals surface area contributed by atoms with Crippen LogP contribution in [0.15, 0.2) is 138 Å². The second-order valence-corrected chi connectivity index (χ2v) is 24.0. The standard InChI is InChI=1S/C67H73NO16/c1-36(2)17-16-30-65(9)31-29-46-56(82-65)45(27-22-37(3)4)58-50(57(46)81-62(77)39(6)68-60(75)42-23-25-44(26-24-42)78-63-54(73)53(72)52(71)48(35-69)79-63)51(70)47-33-43-34-49-64(7,8)84-66(59(43)74,67(47,49)83-58)32-28-38(5)61(76)80-55(40-18-12-10-13-19-40)41-20-14-11-15-21-41/h10-15,17-26,28-29,31,33,39,43,48-49,52-55,63,69,71-73H,16,27,30,32,34-35H2,1-9H3,(H,68,75)/b38-28-/t39?,43?,48-,49?,52-,53-,54-,63-,65?,66?,67?/m1/s1. The molecule has 4 heterocycles. The third-order valence-electron chi connectivity index (χ3n) is 17.0. The monoisotopic (exact) mass is 1150 g/mol. The van der Waals surface area contributed by atoms with Crippen molar-refractivity contribution in [2.24, 2.45) is 11.8 Å². The molecule has 4 aromatic rings. The molecule has 0 aromatic heterocycles. The fraction of sp³-hybridized carbons (Fsp3) is 0.418.